The highest BCUT2D eigenvalue weighted by atomic mass is 16.5. The van der Waals surface area contributed by atoms with Gasteiger partial charge in [0, 0.05) is 28.1 Å². The van der Waals surface area contributed by atoms with E-state index in [-0.39, 0.29) is 17.8 Å². The summed E-state index contributed by atoms with van der Waals surface area (Å²) in [4.78, 5) is 16.5. The monoisotopic (exact) mass is 367 g/mol. The zero-order valence-corrected chi connectivity index (χ0v) is 15.9. The van der Waals surface area contributed by atoms with Crippen LogP contribution in [-0.2, 0) is 4.79 Å². The second-order valence-electron chi connectivity index (χ2n) is 7.53. The van der Waals surface area contributed by atoms with E-state index < -0.39 is 0 Å². The third-order valence-electron chi connectivity index (χ3n) is 5.74. The maximum atomic E-state index is 13.0. The molecule has 0 aliphatic carbocycles. The van der Waals surface area contributed by atoms with Crippen molar-refractivity contribution >= 4 is 16.9 Å². The number of carbonyl (C=O) groups is 1. The lowest BCUT2D eigenvalue weighted by Crippen LogP contribution is -2.20. The Morgan fingerprint density at radius 2 is 1.61 bits per heavy atom. The second-order valence-corrected chi connectivity index (χ2v) is 7.53. The molecule has 0 unspecified atom stereocenters. The van der Waals surface area contributed by atoms with Crippen molar-refractivity contribution in [2.24, 2.45) is 0 Å². The van der Waals surface area contributed by atoms with E-state index in [4.69, 9.17) is 4.74 Å². The van der Waals surface area contributed by atoms with Gasteiger partial charge in [0.1, 0.15) is 5.75 Å². The number of aryl methyl sites for hydroxylation is 2. The van der Waals surface area contributed by atoms with Crippen LogP contribution in [0.25, 0.3) is 10.9 Å². The maximum Gasteiger partial charge on any atom is 0.319 e. The van der Waals surface area contributed by atoms with Crippen LogP contribution in [-0.4, -0.2) is 11.0 Å². The highest BCUT2D eigenvalue weighted by Gasteiger charge is 2.41. The number of ether oxygens (including phenoxy) is 1. The Balaban J connectivity index is 1.78. The van der Waals surface area contributed by atoms with Crippen molar-refractivity contribution in [3.05, 3.63) is 101 Å². The number of carbonyl (C=O) groups excluding carboxylic acids is 1. The summed E-state index contributed by atoms with van der Waals surface area (Å²) < 4.78 is 5.65. The van der Waals surface area contributed by atoms with Gasteiger partial charge in [-0.2, -0.15) is 0 Å². The molecule has 0 saturated heterocycles. The molecule has 138 valence electrons. The summed E-state index contributed by atoms with van der Waals surface area (Å²) in [5.74, 6) is 0.00766. The van der Waals surface area contributed by atoms with Crippen molar-refractivity contribution < 1.29 is 9.53 Å². The van der Waals surface area contributed by atoms with Crippen molar-refractivity contribution in [2.75, 3.05) is 0 Å². The molecule has 28 heavy (non-hydrogen) atoms. The van der Waals surface area contributed by atoms with Gasteiger partial charge in [-0.3, -0.25) is 4.79 Å². The molecule has 2 heterocycles. The normalized spacial score (nSPS) is 16.8. The molecule has 3 nitrogen and oxygen atoms in total. The molecule has 1 N–H and O–H groups in total. The van der Waals surface area contributed by atoms with Crippen molar-refractivity contribution in [2.45, 2.75) is 25.7 Å². The summed E-state index contributed by atoms with van der Waals surface area (Å²) in [7, 11) is 0. The Labute approximate surface area is 164 Å². The molecule has 2 atom stereocenters. The van der Waals surface area contributed by atoms with Gasteiger partial charge >= 0.3 is 5.97 Å². The van der Waals surface area contributed by atoms with Gasteiger partial charge in [-0.1, -0.05) is 66.2 Å². The Morgan fingerprint density at radius 3 is 2.43 bits per heavy atom. The molecule has 3 heteroatoms. The number of rotatable bonds is 3. The minimum atomic E-state index is -0.364. The van der Waals surface area contributed by atoms with E-state index in [2.05, 4.69) is 55.2 Å². The molecule has 0 saturated carbocycles. The van der Waals surface area contributed by atoms with Crippen LogP contribution in [0.5, 0.6) is 5.75 Å². The number of fused-ring (bicyclic) bond motifs is 2. The van der Waals surface area contributed by atoms with Crippen LogP contribution in [0, 0.1) is 13.8 Å². The summed E-state index contributed by atoms with van der Waals surface area (Å²) >= 11 is 0. The number of aromatic nitrogens is 1. The molecule has 1 aromatic heterocycles. The Bertz CT molecular complexity index is 1190. The van der Waals surface area contributed by atoms with Gasteiger partial charge in [0.15, 0.2) is 0 Å². The van der Waals surface area contributed by atoms with Crippen molar-refractivity contribution in [1.82, 2.24) is 4.98 Å². The fourth-order valence-corrected chi connectivity index (χ4v) is 4.44. The predicted octanol–water partition coefficient (Wildman–Crippen LogP) is 5.62. The average Bonchev–Trinajstić information content (AvgIpc) is 3.20. The van der Waals surface area contributed by atoms with E-state index in [1.165, 1.54) is 5.56 Å². The van der Waals surface area contributed by atoms with Crippen LogP contribution >= 0.6 is 0 Å². The van der Waals surface area contributed by atoms with Crippen LogP contribution in [0.4, 0.5) is 0 Å². The molecule has 3 aromatic carbocycles. The van der Waals surface area contributed by atoms with E-state index in [1.54, 1.807) is 0 Å². The molecule has 0 amide bonds. The SMILES string of the molecule is Cc1ccc([C@@H](c2c(C)[nH]c3ccccc23)[C@H]2C(=O)Oc3ccccc32)cc1. The number of hydrogen-bond acceptors (Lipinski definition) is 2. The number of esters is 1. The van der Waals surface area contributed by atoms with E-state index >= 15 is 0 Å². The van der Waals surface area contributed by atoms with Gasteiger partial charge in [0.25, 0.3) is 0 Å². The Hall–Kier alpha value is -3.33. The van der Waals surface area contributed by atoms with Gasteiger partial charge < -0.3 is 9.72 Å². The predicted molar refractivity (Wildman–Crippen MR) is 111 cm³/mol. The van der Waals surface area contributed by atoms with Crippen LogP contribution in [0.3, 0.4) is 0 Å². The smallest absolute Gasteiger partial charge is 0.319 e. The minimum Gasteiger partial charge on any atom is -0.426 e. The first-order valence-corrected chi connectivity index (χ1v) is 9.58. The Kier molecular flexibility index (Phi) is 3.83. The standard InChI is InChI=1S/C25H21NO2/c1-15-11-13-17(14-12-15)23(22-16(2)26-20-9-5-3-7-18(20)22)24-19-8-4-6-10-21(19)28-25(24)27/h3-14,23-24,26H,1-2H3/t23-,24-/m0/s1. The average molecular weight is 367 g/mol. The summed E-state index contributed by atoms with van der Waals surface area (Å²) in [6.07, 6.45) is 0. The maximum absolute atomic E-state index is 13.0. The third-order valence-corrected chi connectivity index (χ3v) is 5.74. The first kappa shape index (κ1) is 16.8. The quantitative estimate of drug-likeness (QED) is 0.377. The van der Waals surface area contributed by atoms with Gasteiger partial charge in [-0.05, 0) is 37.1 Å². The van der Waals surface area contributed by atoms with Gasteiger partial charge in [0.05, 0.1) is 5.92 Å². The molecule has 0 radical (unpaired) electrons. The first-order valence-electron chi connectivity index (χ1n) is 9.58. The number of H-pyrrole nitrogens is 1. The number of aromatic amines is 1. The summed E-state index contributed by atoms with van der Waals surface area (Å²) in [5.41, 5.74) is 6.63. The fourth-order valence-electron chi connectivity index (χ4n) is 4.44. The van der Waals surface area contributed by atoms with Crippen LogP contribution in [0.2, 0.25) is 0 Å². The lowest BCUT2D eigenvalue weighted by Gasteiger charge is -2.23. The second kappa shape index (κ2) is 6.38. The van der Waals surface area contributed by atoms with E-state index in [0.717, 1.165) is 33.3 Å². The lowest BCUT2D eigenvalue weighted by atomic mass is 9.76. The first-order chi connectivity index (χ1) is 13.6. The third kappa shape index (κ3) is 2.55. The molecule has 5 rings (SSSR count). The van der Waals surface area contributed by atoms with Crippen LogP contribution in [0.1, 0.15) is 39.8 Å². The van der Waals surface area contributed by atoms with Gasteiger partial charge in [-0.25, -0.2) is 0 Å². The molecular formula is C25H21NO2. The number of hydrogen-bond donors (Lipinski definition) is 1. The highest BCUT2D eigenvalue weighted by molar-refractivity contribution is 5.91. The largest absolute Gasteiger partial charge is 0.426 e. The van der Waals surface area contributed by atoms with Crippen molar-refractivity contribution in [3.63, 3.8) is 0 Å². The zero-order chi connectivity index (χ0) is 19.3. The molecule has 1 aliphatic heterocycles. The van der Waals surface area contributed by atoms with Gasteiger partial charge in [-0.15, -0.1) is 0 Å². The number of benzene rings is 3. The van der Waals surface area contributed by atoms with Crippen molar-refractivity contribution in [3.8, 4) is 5.75 Å². The summed E-state index contributed by atoms with van der Waals surface area (Å²) in [6, 6.07) is 24.5. The molecule has 1 aliphatic rings. The molecule has 0 bridgehead atoms. The fraction of sp³-hybridized carbons (Fsp3) is 0.160. The van der Waals surface area contributed by atoms with E-state index in [0.29, 0.717) is 5.75 Å². The topological polar surface area (TPSA) is 42.1 Å². The number of para-hydroxylation sites is 2. The molecular weight excluding hydrogens is 346 g/mol. The van der Waals surface area contributed by atoms with Crippen LogP contribution in [0.15, 0.2) is 72.8 Å². The van der Waals surface area contributed by atoms with Crippen molar-refractivity contribution in [1.29, 1.82) is 0 Å². The lowest BCUT2D eigenvalue weighted by molar-refractivity contribution is -0.134. The molecule has 4 aromatic rings. The summed E-state index contributed by atoms with van der Waals surface area (Å²) in [5, 5.41) is 1.16. The minimum absolute atomic E-state index is 0.118. The number of nitrogens with one attached hydrogen (secondary N) is 1. The van der Waals surface area contributed by atoms with Crippen LogP contribution < -0.4 is 4.74 Å². The van der Waals surface area contributed by atoms with E-state index in [1.807, 2.05) is 36.4 Å². The zero-order valence-electron chi connectivity index (χ0n) is 15.9. The molecule has 0 spiro atoms. The summed E-state index contributed by atoms with van der Waals surface area (Å²) in [6.45, 7) is 4.16. The van der Waals surface area contributed by atoms with Gasteiger partial charge in [0.2, 0.25) is 0 Å². The van der Waals surface area contributed by atoms with E-state index in [9.17, 15) is 4.79 Å². The molecule has 0 fully saturated rings. The Morgan fingerprint density at radius 1 is 0.893 bits per heavy atom. The highest BCUT2D eigenvalue weighted by Crippen LogP contribution is 2.48.